The monoisotopic (exact) mass is 316 g/mol. The van der Waals surface area contributed by atoms with Crippen LogP contribution < -0.4 is 10.1 Å². The van der Waals surface area contributed by atoms with Gasteiger partial charge in [0.1, 0.15) is 17.0 Å². The third kappa shape index (κ3) is 2.96. The number of carbonyl (C=O) groups is 1. The Kier molecular flexibility index (Phi) is 4.11. The number of amides is 1. The Morgan fingerprint density at radius 3 is 3.05 bits per heavy atom. The molecule has 1 amide bonds. The summed E-state index contributed by atoms with van der Waals surface area (Å²) in [5.41, 5.74) is 1.49. The van der Waals surface area contributed by atoms with Gasteiger partial charge in [-0.15, -0.1) is 11.3 Å². The fourth-order valence-corrected chi connectivity index (χ4v) is 2.84. The summed E-state index contributed by atoms with van der Waals surface area (Å²) in [4.78, 5) is 16.0. The van der Waals surface area contributed by atoms with E-state index in [1.165, 1.54) is 11.3 Å². The fraction of sp³-hybridized carbons (Fsp3) is 0.250. The van der Waals surface area contributed by atoms with Gasteiger partial charge in [-0.2, -0.15) is 0 Å². The number of anilines is 1. The Balaban J connectivity index is 1.85. The Morgan fingerprint density at radius 1 is 1.41 bits per heavy atom. The molecule has 2 aromatic heterocycles. The van der Waals surface area contributed by atoms with Gasteiger partial charge in [-0.3, -0.25) is 4.79 Å². The molecule has 0 bridgehead atoms. The topological polar surface area (TPSA) is 64.4 Å². The standard InChI is InChI=1S/C16H16N2O3S/c1-3-4-15(19)18-16-17-12(9-22-16)14-8-10-7-11(20-2)5-6-13(10)21-14/h5-9H,3-4H2,1-2H3,(H,17,18,19). The summed E-state index contributed by atoms with van der Waals surface area (Å²) in [5.74, 6) is 1.44. The molecule has 0 aliphatic rings. The quantitative estimate of drug-likeness (QED) is 0.762. The van der Waals surface area contributed by atoms with Crippen molar-refractivity contribution in [2.45, 2.75) is 19.8 Å². The molecular formula is C16H16N2O3S. The molecule has 0 atom stereocenters. The molecule has 0 unspecified atom stereocenters. The molecule has 1 aromatic carbocycles. The van der Waals surface area contributed by atoms with Crippen LogP contribution in [0.4, 0.5) is 5.13 Å². The number of nitrogens with one attached hydrogen (secondary N) is 1. The van der Waals surface area contributed by atoms with Crippen LogP contribution in [0.5, 0.6) is 5.75 Å². The molecular weight excluding hydrogens is 300 g/mol. The summed E-state index contributed by atoms with van der Waals surface area (Å²) in [6, 6.07) is 7.56. The molecule has 0 spiro atoms. The lowest BCUT2D eigenvalue weighted by molar-refractivity contribution is -0.116. The van der Waals surface area contributed by atoms with E-state index in [2.05, 4.69) is 10.3 Å². The smallest absolute Gasteiger partial charge is 0.226 e. The van der Waals surface area contributed by atoms with Crippen LogP contribution in [0.15, 0.2) is 34.1 Å². The number of thiazole rings is 1. The lowest BCUT2D eigenvalue weighted by Crippen LogP contribution is -2.10. The van der Waals surface area contributed by atoms with Gasteiger partial charge in [0.05, 0.1) is 7.11 Å². The van der Waals surface area contributed by atoms with Crippen molar-refractivity contribution in [3.63, 3.8) is 0 Å². The molecule has 22 heavy (non-hydrogen) atoms. The van der Waals surface area contributed by atoms with Crippen LogP contribution in [0.1, 0.15) is 19.8 Å². The molecule has 0 aliphatic carbocycles. The Bertz CT molecular complexity index is 807. The molecule has 3 rings (SSSR count). The van der Waals surface area contributed by atoms with Gasteiger partial charge in [0.25, 0.3) is 0 Å². The number of hydrogen-bond donors (Lipinski definition) is 1. The fourth-order valence-electron chi connectivity index (χ4n) is 2.13. The first-order valence-electron chi connectivity index (χ1n) is 7.03. The number of furan rings is 1. The van der Waals surface area contributed by atoms with E-state index < -0.39 is 0 Å². The van der Waals surface area contributed by atoms with E-state index in [1.807, 2.05) is 36.6 Å². The molecule has 6 heteroatoms. The van der Waals surface area contributed by atoms with Crippen molar-refractivity contribution in [2.75, 3.05) is 12.4 Å². The normalized spacial score (nSPS) is 10.8. The number of hydrogen-bond acceptors (Lipinski definition) is 5. The predicted octanol–water partition coefficient (Wildman–Crippen LogP) is 4.30. The molecule has 0 fully saturated rings. The summed E-state index contributed by atoms with van der Waals surface area (Å²) in [5, 5.41) is 6.21. The van der Waals surface area contributed by atoms with Crippen molar-refractivity contribution in [1.82, 2.24) is 4.98 Å². The van der Waals surface area contributed by atoms with Crippen molar-refractivity contribution in [3.05, 3.63) is 29.6 Å². The maximum atomic E-state index is 11.6. The van der Waals surface area contributed by atoms with Gasteiger partial charge in [0, 0.05) is 17.2 Å². The highest BCUT2D eigenvalue weighted by atomic mass is 32.1. The number of nitrogens with zero attached hydrogens (tertiary/aromatic N) is 1. The second-order valence-electron chi connectivity index (χ2n) is 4.85. The van der Waals surface area contributed by atoms with E-state index in [0.29, 0.717) is 23.0 Å². The number of methoxy groups -OCH3 is 1. The molecule has 114 valence electrons. The minimum Gasteiger partial charge on any atom is -0.497 e. The largest absolute Gasteiger partial charge is 0.497 e. The molecule has 1 N–H and O–H groups in total. The molecule has 0 radical (unpaired) electrons. The van der Waals surface area contributed by atoms with Crippen LogP contribution in [0.2, 0.25) is 0 Å². The molecule has 3 aromatic rings. The summed E-state index contributed by atoms with van der Waals surface area (Å²) in [6.45, 7) is 1.97. The predicted molar refractivity (Wildman–Crippen MR) is 87.4 cm³/mol. The number of aromatic nitrogens is 1. The van der Waals surface area contributed by atoms with Crippen LogP contribution in [-0.4, -0.2) is 18.0 Å². The molecule has 0 saturated heterocycles. The lowest BCUT2D eigenvalue weighted by atomic mass is 10.2. The van der Waals surface area contributed by atoms with Crippen molar-refractivity contribution >= 4 is 33.3 Å². The van der Waals surface area contributed by atoms with E-state index in [-0.39, 0.29) is 5.91 Å². The summed E-state index contributed by atoms with van der Waals surface area (Å²) >= 11 is 1.39. The average molecular weight is 316 g/mol. The molecule has 5 nitrogen and oxygen atoms in total. The van der Waals surface area contributed by atoms with Crippen molar-refractivity contribution in [1.29, 1.82) is 0 Å². The Hall–Kier alpha value is -2.34. The van der Waals surface area contributed by atoms with Crippen molar-refractivity contribution < 1.29 is 13.9 Å². The first-order valence-corrected chi connectivity index (χ1v) is 7.91. The number of ether oxygens (including phenoxy) is 1. The van der Waals surface area contributed by atoms with Gasteiger partial charge in [0.2, 0.25) is 5.91 Å². The number of carbonyl (C=O) groups excluding carboxylic acids is 1. The van der Waals surface area contributed by atoms with Crippen LogP contribution in [0.3, 0.4) is 0 Å². The van der Waals surface area contributed by atoms with Crippen molar-refractivity contribution in [2.24, 2.45) is 0 Å². The second kappa shape index (κ2) is 6.19. The highest BCUT2D eigenvalue weighted by Crippen LogP contribution is 2.31. The molecule has 2 heterocycles. The minimum absolute atomic E-state index is 0.0160. The zero-order chi connectivity index (χ0) is 15.5. The minimum atomic E-state index is -0.0160. The van der Waals surface area contributed by atoms with Gasteiger partial charge in [0.15, 0.2) is 10.9 Å². The average Bonchev–Trinajstić information content (AvgIpc) is 3.12. The van der Waals surface area contributed by atoms with Crippen LogP contribution in [-0.2, 0) is 4.79 Å². The van der Waals surface area contributed by atoms with Crippen molar-refractivity contribution in [3.8, 4) is 17.2 Å². The van der Waals surface area contributed by atoms with Gasteiger partial charge in [-0.05, 0) is 30.7 Å². The van der Waals surface area contributed by atoms with E-state index in [9.17, 15) is 4.79 Å². The van der Waals surface area contributed by atoms with Gasteiger partial charge in [-0.25, -0.2) is 4.98 Å². The third-order valence-corrected chi connectivity index (χ3v) is 3.96. The summed E-state index contributed by atoms with van der Waals surface area (Å²) in [6.07, 6.45) is 1.31. The summed E-state index contributed by atoms with van der Waals surface area (Å²) in [7, 11) is 1.63. The van der Waals surface area contributed by atoms with E-state index in [1.54, 1.807) is 7.11 Å². The van der Waals surface area contributed by atoms with Gasteiger partial charge in [-0.1, -0.05) is 6.92 Å². The lowest BCUT2D eigenvalue weighted by Gasteiger charge is -1.97. The van der Waals surface area contributed by atoms with Crippen LogP contribution in [0.25, 0.3) is 22.4 Å². The second-order valence-corrected chi connectivity index (χ2v) is 5.71. The van der Waals surface area contributed by atoms with Crippen LogP contribution >= 0.6 is 11.3 Å². The van der Waals surface area contributed by atoms with Crippen LogP contribution in [0, 0.1) is 0 Å². The van der Waals surface area contributed by atoms with E-state index >= 15 is 0 Å². The Morgan fingerprint density at radius 2 is 2.27 bits per heavy atom. The number of fused-ring (bicyclic) bond motifs is 1. The highest BCUT2D eigenvalue weighted by Gasteiger charge is 2.12. The first-order chi connectivity index (χ1) is 10.7. The highest BCUT2D eigenvalue weighted by molar-refractivity contribution is 7.14. The SMILES string of the molecule is CCCC(=O)Nc1nc(-c2cc3cc(OC)ccc3o2)cs1. The van der Waals surface area contributed by atoms with Gasteiger partial charge < -0.3 is 14.5 Å². The maximum Gasteiger partial charge on any atom is 0.226 e. The Labute approximate surface area is 131 Å². The zero-order valence-electron chi connectivity index (χ0n) is 12.4. The van der Waals surface area contributed by atoms with E-state index in [4.69, 9.17) is 9.15 Å². The van der Waals surface area contributed by atoms with E-state index in [0.717, 1.165) is 23.1 Å². The number of rotatable bonds is 5. The first kappa shape index (κ1) is 14.6. The zero-order valence-corrected chi connectivity index (χ0v) is 13.2. The maximum absolute atomic E-state index is 11.6. The molecule has 0 saturated carbocycles. The summed E-state index contributed by atoms with van der Waals surface area (Å²) < 4.78 is 11.0. The van der Waals surface area contributed by atoms with Gasteiger partial charge >= 0.3 is 0 Å². The number of benzene rings is 1. The third-order valence-electron chi connectivity index (χ3n) is 3.20. The molecule has 0 aliphatic heterocycles.